The summed E-state index contributed by atoms with van der Waals surface area (Å²) in [5.41, 5.74) is 2.59. The van der Waals surface area contributed by atoms with Crippen molar-refractivity contribution in [2.24, 2.45) is 4.99 Å². The van der Waals surface area contributed by atoms with Crippen LogP contribution in [0, 0.1) is 0 Å². The Hall–Kier alpha value is -1.11. The number of hydrogen-bond donors (Lipinski definition) is 1. The first kappa shape index (κ1) is 18.7. The maximum atomic E-state index is 10.5. The first-order valence-corrected chi connectivity index (χ1v) is 12.0. The average Bonchev–Trinajstić information content (AvgIpc) is 2.62. The van der Waals surface area contributed by atoms with Crippen LogP contribution in [0.2, 0.25) is 0 Å². The molecule has 2 heterocycles. The summed E-state index contributed by atoms with van der Waals surface area (Å²) in [6, 6.07) is 3.85. The van der Waals surface area contributed by atoms with Gasteiger partial charge in [0.1, 0.15) is 0 Å². The number of ether oxygens (including phenoxy) is 2. The summed E-state index contributed by atoms with van der Waals surface area (Å²) >= 11 is 2.60. The maximum absolute atomic E-state index is 10.5. The zero-order valence-electron chi connectivity index (χ0n) is 14.3. The Kier molecular flexibility index (Phi) is 6.02. The molecule has 7 heteroatoms. The number of aromatic hydroxyl groups is 1. The van der Waals surface area contributed by atoms with E-state index in [0.717, 1.165) is 38.8 Å². The van der Waals surface area contributed by atoms with E-state index in [4.69, 9.17) is 9.47 Å². The fourth-order valence-corrected chi connectivity index (χ4v) is 5.88. The first-order chi connectivity index (χ1) is 12.1. The van der Waals surface area contributed by atoms with E-state index in [-0.39, 0.29) is 5.88 Å². The number of hydrogen-bond acceptors (Lipinski definition) is 5. The quantitative estimate of drug-likeness (QED) is 0.667. The third-order valence-electron chi connectivity index (χ3n) is 4.14. The van der Waals surface area contributed by atoms with Crippen molar-refractivity contribution in [3.63, 3.8) is 0 Å². The Balaban J connectivity index is 2.22. The molecule has 0 bridgehead atoms. The Morgan fingerprint density at radius 3 is 2.44 bits per heavy atom. The molecule has 0 atom stereocenters. The predicted molar refractivity (Wildman–Crippen MR) is 100 cm³/mol. The summed E-state index contributed by atoms with van der Waals surface area (Å²) in [7, 11) is 3.23. The number of halogens is 1. The summed E-state index contributed by atoms with van der Waals surface area (Å²) < 4.78 is 16.2. The topological polar surface area (TPSA) is 63.9 Å². The van der Waals surface area contributed by atoms with E-state index in [2.05, 4.69) is 31.6 Å². The number of benzene rings is 1. The van der Waals surface area contributed by atoms with Crippen LogP contribution in [0.5, 0.6) is 17.4 Å². The molecule has 0 aliphatic carbocycles. The zero-order chi connectivity index (χ0) is 18.0. The van der Waals surface area contributed by atoms with Gasteiger partial charge >= 0.3 is 171 Å². The molecule has 1 aromatic carbocycles. The van der Waals surface area contributed by atoms with Crippen LogP contribution >= 0.6 is 15.9 Å². The molecule has 1 N–H and O–H groups in total. The predicted octanol–water partition coefficient (Wildman–Crippen LogP) is 3.60. The summed E-state index contributed by atoms with van der Waals surface area (Å²) in [5, 5.41) is 12.4. The Morgan fingerprint density at radius 2 is 1.84 bits per heavy atom. The van der Waals surface area contributed by atoms with Gasteiger partial charge in [0.2, 0.25) is 0 Å². The summed E-state index contributed by atoms with van der Waals surface area (Å²) in [5.74, 6) is 1.36. The molecule has 0 radical (unpaired) electrons. The molecule has 25 heavy (non-hydrogen) atoms. The molecule has 0 saturated carbocycles. The molecule has 0 fully saturated rings. The number of fused-ring (bicyclic) bond motifs is 1. The second-order valence-corrected chi connectivity index (χ2v) is 8.99. The van der Waals surface area contributed by atoms with E-state index in [1.807, 2.05) is 19.1 Å². The Morgan fingerprint density at radius 1 is 1.16 bits per heavy atom. The van der Waals surface area contributed by atoms with E-state index in [0.29, 0.717) is 17.9 Å². The third-order valence-corrected chi connectivity index (χ3v) is 8.45. The molecular formula is C18H18BrN2O3Y. The van der Waals surface area contributed by atoms with Crippen LogP contribution in [0.3, 0.4) is 0 Å². The van der Waals surface area contributed by atoms with Gasteiger partial charge in [-0.1, -0.05) is 0 Å². The van der Waals surface area contributed by atoms with Gasteiger partial charge in [-0.05, 0) is 0 Å². The molecular weight excluding hydrogens is 461 g/mol. The fraction of sp³-hybridized carbons (Fsp3) is 0.278. The van der Waals surface area contributed by atoms with Gasteiger partial charge < -0.3 is 0 Å². The zero-order valence-corrected chi connectivity index (χ0v) is 18.8. The van der Waals surface area contributed by atoms with Gasteiger partial charge in [-0.25, -0.2) is 0 Å². The number of nitrogens with zero attached hydrogens (tertiary/aromatic N) is 2. The van der Waals surface area contributed by atoms with Crippen molar-refractivity contribution in [3.8, 4) is 17.4 Å². The van der Waals surface area contributed by atoms with Crippen molar-refractivity contribution in [1.29, 1.82) is 0 Å². The van der Waals surface area contributed by atoms with Crippen molar-refractivity contribution in [2.45, 2.75) is 19.8 Å². The number of methoxy groups -OCH3 is 2. The molecule has 0 unspecified atom stereocenters. The summed E-state index contributed by atoms with van der Waals surface area (Å²) in [6.07, 6.45) is 1.26. The monoisotopic (exact) mass is 478 g/mol. The summed E-state index contributed by atoms with van der Waals surface area (Å²) in [6.45, 7) is 2.02. The fourth-order valence-electron chi connectivity index (χ4n) is 2.92. The minimum atomic E-state index is -0.864. The molecule has 0 amide bonds. The van der Waals surface area contributed by atoms with Gasteiger partial charge in [0.25, 0.3) is 0 Å². The summed E-state index contributed by atoms with van der Waals surface area (Å²) in [4.78, 5) is 8.95. The van der Waals surface area contributed by atoms with Crippen LogP contribution < -0.4 is 9.47 Å². The molecule has 2 aromatic rings. The van der Waals surface area contributed by atoms with Crippen molar-refractivity contribution < 1.29 is 43.3 Å². The van der Waals surface area contributed by atoms with Gasteiger partial charge in [-0.2, -0.15) is 0 Å². The molecule has 0 spiro atoms. The molecule has 1 aliphatic rings. The van der Waals surface area contributed by atoms with Crippen LogP contribution in [0.1, 0.15) is 18.2 Å². The van der Waals surface area contributed by atoms with Crippen molar-refractivity contribution >= 4 is 35.2 Å². The third kappa shape index (κ3) is 3.86. The minimum absolute atomic E-state index is 0.0612. The second kappa shape index (κ2) is 8.06. The molecule has 1 aromatic heterocycles. The number of aliphatic imine (C=N–C) groups is 1. The number of pyridine rings is 1. The standard InChI is InChI=1S/C18H18BrN2O3.Y/c1-6-15-13-9-17(24-5)16(23-4)8-12(13)14(18(22)21-15)7-10(2)20-11(3)19;/h2-3,8-9H,6-7H2,1,4-5H3,(H,21,22);. The van der Waals surface area contributed by atoms with E-state index in [1.54, 1.807) is 14.2 Å². The average molecular weight is 479 g/mol. The van der Waals surface area contributed by atoms with Crippen LogP contribution in [0.25, 0.3) is 10.8 Å². The molecule has 3 rings (SSSR count). The number of aromatic nitrogens is 1. The van der Waals surface area contributed by atoms with Crippen LogP contribution in [-0.4, -0.2) is 32.8 Å². The van der Waals surface area contributed by atoms with Gasteiger partial charge in [0, 0.05) is 0 Å². The molecule has 0 saturated heterocycles. The van der Waals surface area contributed by atoms with E-state index >= 15 is 0 Å². The molecule has 1 aliphatic heterocycles. The molecule has 128 valence electrons. The number of rotatable bonds is 5. The van der Waals surface area contributed by atoms with E-state index in [1.165, 1.54) is 0 Å². The SMILES string of the molecule is CCc1nc(O)c(CC2=NC(Br)=[CH][Y]=[CH]2)c2cc(OC)c(OC)cc12. The second-order valence-electron chi connectivity index (χ2n) is 5.60. The number of aryl methyl sites for hydroxylation is 1. The van der Waals surface area contributed by atoms with Crippen LogP contribution in [-0.2, 0) is 41.5 Å². The van der Waals surface area contributed by atoms with Gasteiger partial charge in [-0.15, -0.1) is 0 Å². The van der Waals surface area contributed by atoms with Crippen molar-refractivity contribution in [1.82, 2.24) is 4.98 Å². The normalized spacial score (nSPS) is 13.3. The van der Waals surface area contributed by atoms with Crippen molar-refractivity contribution in [2.75, 3.05) is 14.2 Å². The Bertz CT molecular complexity index is 922. The van der Waals surface area contributed by atoms with Gasteiger partial charge in [0.05, 0.1) is 0 Å². The van der Waals surface area contributed by atoms with Crippen LogP contribution in [0.4, 0.5) is 0 Å². The first-order valence-electron chi connectivity index (χ1n) is 7.95. The van der Waals surface area contributed by atoms with Gasteiger partial charge in [0.15, 0.2) is 0 Å². The molecule has 5 nitrogen and oxygen atoms in total. The van der Waals surface area contributed by atoms with Crippen LogP contribution in [0.15, 0.2) is 24.6 Å². The van der Waals surface area contributed by atoms with Gasteiger partial charge in [-0.3, -0.25) is 0 Å². The Labute approximate surface area is 169 Å². The van der Waals surface area contributed by atoms with E-state index < -0.39 is 28.7 Å². The van der Waals surface area contributed by atoms with E-state index in [9.17, 15) is 5.11 Å². The van der Waals surface area contributed by atoms with Crippen molar-refractivity contribution in [3.05, 3.63) is 30.9 Å².